The second-order valence-corrected chi connectivity index (χ2v) is 7.27. The van der Waals surface area contributed by atoms with Gasteiger partial charge in [0.15, 0.2) is 0 Å². The molecule has 0 aliphatic heterocycles. The predicted molar refractivity (Wildman–Crippen MR) is 116 cm³/mol. The van der Waals surface area contributed by atoms with Crippen LogP contribution in [0.25, 0.3) is 5.57 Å². The van der Waals surface area contributed by atoms with Crippen molar-refractivity contribution in [1.82, 2.24) is 20.2 Å². The monoisotopic (exact) mass is 408 g/mol. The number of benzene rings is 1. The van der Waals surface area contributed by atoms with Crippen molar-refractivity contribution in [3.8, 4) is 0 Å². The first-order chi connectivity index (χ1) is 14.1. The Morgan fingerprint density at radius 2 is 2.03 bits per heavy atom. The van der Waals surface area contributed by atoms with Gasteiger partial charge in [-0.25, -0.2) is 4.98 Å². The van der Waals surface area contributed by atoms with E-state index in [9.17, 15) is 5.11 Å². The van der Waals surface area contributed by atoms with E-state index < -0.39 is 0 Å². The predicted octanol–water partition coefficient (Wildman–Crippen LogP) is 5.04. The molecule has 0 bridgehead atoms. The standard InChI is InChI=1S/C21H21ClN6O/c1-13(14-5-3-2-4-6-14)9-16(29)12-23-21-24-18(22)11-19(26-21)25-20-10-17(27-28-20)15-7-8-15/h2-6,9-11,15,29H,1,7-8,12H2,(H3,23,24,25,26,27,28)/b16-9-. The molecular formula is C21H21ClN6O. The summed E-state index contributed by atoms with van der Waals surface area (Å²) in [6.45, 7) is 4.12. The Morgan fingerprint density at radius 1 is 1.24 bits per heavy atom. The first kappa shape index (κ1) is 19.0. The smallest absolute Gasteiger partial charge is 0.226 e. The molecule has 1 saturated carbocycles. The van der Waals surface area contributed by atoms with Crippen molar-refractivity contribution in [3.63, 3.8) is 0 Å². The van der Waals surface area contributed by atoms with E-state index in [1.807, 2.05) is 36.4 Å². The largest absolute Gasteiger partial charge is 0.510 e. The van der Waals surface area contributed by atoms with Crippen LogP contribution in [0.5, 0.6) is 0 Å². The summed E-state index contributed by atoms with van der Waals surface area (Å²) in [6.07, 6.45) is 3.98. The molecule has 29 heavy (non-hydrogen) atoms. The molecule has 0 spiro atoms. The number of halogens is 1. The number of hydrogen-bond donors (Lipinski definition) is 4. The van der Waals surface area contributed by atoms with Crippen molar-refractivity contribution < 1.29 is 5.11 Å². The molecule has 7 nitrogen and oxygen atoms in total. The lowest BCUT2D eigenvalue weighted by atomic mass is 10.1. The Hall–Kier alpha value is -3.32. The number of rotatable bonds is 8. The van der Waals surface area contributed by atoms with E-state index in [2.05, 4.69) is 37.4 Å². The zero-order chi connectivity index (χ0) is 20.2. The van der Waals surface area contributed by atoms with E-state index in [-0.39, 0.29) is 17.5 Å². The first-order valence-corrected chi connectivity index (χ1v) is 9.69. The third-order valence-corrected chi connectivity index (χ3v) is 4.66. The number of aliphatic hydroxyl groups excluding tert-OH is 1. The molecule has 0 unspecified atom stereocenters. The number of aromatic amines is 1. The number of hydrogen-bond acceptors (Lipinski definition) is 6. The molecule has 3 aromatic rings. The van der Waals surface area contributed by atoms with E-state index >= 15 is 0 Å². The SMILES string of the molecule is C=C(/C=C(\O)CNc1nc(Cl)cc(Nc2cc(C3CC3)n[nH]2)n1)c1ccccc1. The molecule has 4 rings (SSSR count). The number of aliphatic hydroxyl groups is 1. The van der Waals surface area contributed by atoms with Crippen LogP contribution in [0.3, 0.4) is 0 Å². The molecule has 8 heteroatoms. The van der Waals surface area contributed by atoms with Crippen LogP contribution < -0.4 is 10.6 Å². The van der Waals surface area contributed by atoms with Gasteiger partial charge in [-0.2, -0.15) is 10.1 Å². The molecule has 2 aromatic heterocycles. The maximum absolute atomic E-state index is 10.2. The highest BCUT2D eigenvalue weighted by Gasteiger charge is 2.26. The average molecular weight is 409 g/mol. The maximum atomic E-state index is 10.2. The van der Waals surface area contributed by atoms with Gasteiger partial charge in [0.25, 0.3) is 0 Å². The van der Waals surface area contributed by atoms with Crippen molar-refractivity contribution in [2.24, 2.45) is 0 Å². The van der Waals surface area contributed by atoms with Gasteiger partial charge in [-0.05, 0) is 30.1 Å². The molecule has 1 fully saturated rings. The van der Waals surface area contributed by atoms with Crippen molar-refractivity contribution in [3.05, 3.63) is 77.3 Å². The minimum absolute atomic E-state index is 0.111. The molecule has 0 atom stereocenters. The fourth-order valence-electron chi connectivity index (χ4n) is 2.85. The van der Waals surface area contributed by atoms with Crippen molar-refractivity contribution in [2.45, 2.75) is 18.8 Å². The number of nitrogens with one attached hydrogen (secondary N) is 3. The minimum Gasteiger partial charge on any atom is -0.510 e. The Bertz CT molecular complexity index is 1040. The van der Waals surface area contributed by atoms with Gasteiger partial charge < -0.3 is 15.7 Å². The van der Waals surface area contributed by atoms with Crippen LogP contribution in [0.15, 0.2) is 60.9 Å². The Morgan fingerprint density at radius 3 is 2.79 bits per heavy atom. The lowest BCUT2D eigenvalue weighted by molar-refractivity contribution is 0.408. The topological polar surface area (TPSA) is 98.7 Å². The number of allylic oxidation sites excluding steroid dienone is 2. The summed E-state index contributed by atoms with van der Waals surface area (Å²) in [4.78, 5) is 8.53. The molecule has 0 radical (unpaired) electrons. The van der Waals surface area contributed by atoms with Gasteiger partial charge in [-0.1, -0.05) is 48.5 Å². The van der Waals surface area contributed by atoms with E-state index in [4.69, 9.17) is 11.6 Å². The van der Waals surface area contributed by atoms with Gasteiger partial charge in [-0.3, -0.25) is 5.10 Å². The van der Waals surface area contributed by atoms with Crippen LogP contribution in [-0.4, -0.2) is 31.8 Å². The number of aromatic nitrogens is 4. The minimum atomic E-state index is 0.111. The van der Waals surface area contributed by atoms with Gasteiger partial charge >= 0.3 is 0 Å². The third kappa shape index (κ3) is 5.14. The lowest BCUT2D eigenvalue weighted by Gasteiger charge is -2.08. The zero-order valence-corrected chi connectivity index (χ0v) is 16.4. The molecule has 4 N–H and O–H groups in total. The van der Waals surface area contributed by atoms with Crippen LogP contribution in [0.2, 0.25) is 5.15 Å². The summed E-state index contributed by atoms with van der Waals surface area (Å²) in [7, 11) is 0. The van der Waals surface area contributed by atoms with Gasteiger partial charge in [0.05, 0.1) is 12.2 Å². The number of nitrogens with zero attached hydrogens (tertiary/aromatic N) is 3. The molecule has 148 valence electrons. The lowest BCUT2D eigenvalue weighted by Crippen LogP contribution is -2.09. The third-order valence-electron chi connectivity index (χ3n) is 4.46. The maximum Gasteiger partial charge on any atom is 0.226 e. The fraction of sp³-hybridized carbons (Fsp3) is 0.190. The zero-order valence-electron chi connectivity index (χ0n) is 15.7. The molecule has 2 heterocycles. The highest BCUT2D eigenvalue weighted by molar-refractivity contribution is 6.29. The molecule has 0 amide bonds. The highest BCUT2D eigenvalue weighted by Crippen LogP contribution is 2.39. The summed E-state index contributed by atoms with van der Waals surface area (Å²) in [6, 6.07) is 13.2. The molecule has 1 aliphatic carbocycles. The summed E-state index contributed by atoms with van der Waals surface area (Å²) in [5.41, 5.74) is 2.71. The van der Waals surface area contributed by atoms with Crippen LogP contribution in [-0.2, 0) is 0 Å². The second kappa shape index (κ2) is 8.36. The molecule has 0 saturated heterocycles. The van der Waals surface area contributed by atoms with E-state index in [0.29, 0.717) is 23.3 Å². The molecule has 1 aliphatic rings. The Balaban J connectivity index is 1.39. The Kier molecular flexibility index (Phi) is 5.48. The van der Waals surface area contributed by atoms with Crippen molar-refractivity contribution >= 4 is 34.8 Å². The van der Waals surface area contributed by atoms with E-state index in [1.165, 1.54) is 12.8 Å². The quantitative estimate of drug-likeness (QED) is 0.237. The van der Waals surface area contributed by atoms with Crippen LogP contribution in [0.4, 0.5) is 17.6 Å². The summed E-state index contributed by atoms with van der Waals surface area (Å²) in [5.74, 6) is 2.24. The van der Waals surface area contributed by atoms with Crippen LogP contribution in [0, 0.1) is 0 Å². The van der Waals surface area contributed by atoms with Crippen LogP contribution >= 0.6 is 11.6 Å². The van der Waals surface area contributed by atoms with Crippen molar-refractivity contribution in [2.75, 3.05) is 17.2 Å². The number of H-pyrrole nitrogens is 1. The summed E-state index contributed by atoms with van der Waals surface area (Å²) < 4.78 is 0. The summed E-state index contributed by atoms with van der Waals surface area (Å²) in [5, 5.41) is 23.9. The van der Waals surface area contributed by atoms with Gasteiger partial charge in [0.1, 0.15) is 22.5 Å². The number of anilines is 3. The normalized spacial score (nSPS) is 13.9. The molecular weight excluding hydrogens is 388 g/mol. The molecule has 1 aromatic carbocycles. The fourth-order valence-corrected chi connectivity index (χ4v) is 3.03. The van der Waals surface area contributed by atoms with E-state index in [1.54, 1.807) is 12.1 Å². The Labute approximate surface area is 173 Å². The van der Waals surface area contributed by atoms with Gasteiger partial charge in [0, 0.05) is 18.1 Å². The van der Waals surface area contributed by atoms with Gasteiger partial charge in [0.2, 0.25) is 5.95 Å². The first-order valence-electron chi connectivity index (χ1n) is 9.31. The second-order valence-electron chi connectivity index (χ2n) is 6.89. The van der Waals surface area contributed by atoms with Gasteiger partial charge in [-0.15, -0.1) is 0 Å². The average Bonchev–Trinajstić information content (AvgIpc) is 3.46. The summed E-state index contributed by atoms with van der Waals surface area (Å²) >= 11 is 6.11. The highest BCUT2D eigenvalue weighted by atomic mass is 35.5. The van der Waals surface area contributed by atoms with Crippen LogP contribution in [0.1, 0.15) is 30.0 Å². The van der Waals surface area contributed by atoms with E-state index in [0.717, 1.165) is 17.1 Å². The van der Waals surface area contributed by atoms with Crippen molar-refractivity contribution in [1.29, 1.82) is 0 Å².